The van der Waals surface area contributed by atoms with Crippen molar-refractivity contribution in [1.82, 2.24) is 5.32 Å². The molecule has 2 aliphatic heterocycles. The molecule has 208 valence electrons. The van der Waals surface area contributed by atoms with Gasteiger partial charge in [0.25, 0.3) is 5.91 Å². The maximum absolute atomic E-state index is 14.4. The SMILES string of the molecule is CCCCCCN1C(=O)[C@@]2(NC(C(=O)OCC)(C(=O)OCC)[C@@H](C(=O)OC)[C@H]2C(=O)OC)c2ccccc21. The summed E-state index contributed by atoms with van der Waals surface area (Å²) in [7, 11) is 2.17. The molecule has 0 unspecified atom stereocenters. The summed E-state index contributed by atoms with van der Waals surface area (Å²) < 4.78 is 20.5. The second-order valence-electron chi connectivity index (χ2n) is 9.22. The molecular formula is C27H36N2O9. The minimum atomic E-state index is -2.56. The topological polar surface area (TPSA) is 138 Å². The molecule has 1 N–H and O–H groups in total. The van der Waals surface area contributed by atoms with E-state index < -0.39 is 52.7 Å². The average molecular weight is 533 g/mol. The van der Waals surface area contributed by atoms with Crippen LogP contribution < -0.4 is 10.2 Å². The summed E-state index contributed by atoms with van der Waals surface area (Å²) in [5.41, 5.74) is -3.73. The summed E-state index contributed by atoms with van der Waals surface area (Å²) in [5, 5.41) is 2.88. The van der Waals surface area contributed by atoms with Gasteiger partial charge in [0.1, 0.15) is 17.4 Å². The van der Waals surface area contributed by atoms with E-state index in [-0.39, 0.29) is 13.2 Å². The third-order valence-corrected chi connectivity index (χ3v) is 7.20. The molecule has 38 heavy (non-hydrogen) atoms. The summed E-state index contributed by atoms with van der Waals surface area (Å²) in [5.74, 6) is -8.43. The first-order valence-corrected chi connectivity index (χ1v) is 12.9. The highest BCUT2D eigenvalue weighted by molar-refractivity contribution is 6.17. The molecule has 0 aromatic heterocycles. The number of nitrogens with one attached hydrogen (secondary N) is 1. The first-order chi connectivity index (χ1) is 18.2. The van der Waals surface area contributed by atoms with Crippen molar-refractivity contribution in [3.05, 3.63) is 29.8 Å². The number of methoxy groups -OCH3 is 2. The van der Waals surface area contributed by atoms with Crippen LogP contribution in [0, 0.1) is 11.8 Å². The molecule has 1 aromatic rings. The first-order valence-electron chi connectivity index (χ1n) is 12.9. The molecule has 3 rings (SSSR count). The van der Waals surface area contributed by atoms with Gasteiger partial charge in [-0.1, -0.05) is 44.4 Å². The molecule has 1 spiro atoms. The minimum Gasteiger partial charge on any atom is -0.469 e. The number of para-hydroxylation sites is 1. The van der Waals surface area contributed by atoms with Gasteiger partial charge in [-0.25, -0.2) is 9.59 Å². The largest absolute Gasteiger partial charge is 0.469 e. The summed E-state index contributed by atoms with van der Waals surface area (Å²) >= 11 is 0. The Bertz CT molecular complexity index is 1070. The van der Waals surface area contributed by atoms with E-state index in [1.165, 1.54) is 18.7 Å². The smallest absolute Gasteiger partial charge is 0.339 e. The lowest BCUT2D eigenvalue weighted by Crippen LogP contribution is -2.65. The number of carbonyl (C=O) groups excluding carboxylic acids is 5. The number of esters is 4. The Kier molecular flexibility index (Phi) is 9.14. The van der Waals surface area contributed by atoms with Crippen LogP contribution in [0.25, 0.3) is 0 Å². The Hall–Kier alpha value is -3.47. The fourth-order valence-electron chi connectivity index (χ4n) is 5.60. The van der Waals surface area contributed by atoms with Gasteiger partial charge < -0.3 is 23.8 Å². The van der Waals surface area contributed by atoms with E-state index in [0.29, 0.717) is 24.2 Å². The highest BCUT2D eigenvalue weighted by Crippen LogP contribution is 2.55. The zero-order chi connectivity index (χ0) is 28.1. The molecule has 1 fully saturated rings. The molecule has 1 amide bonds. The molecule has 1 aromatic carbocycles. The maximum atomic E-state index is 14.4. The van der Waals surface area contributed by atoms with Gasteiger partial charge in [0, 0.05) is 17.8 Å². The molecule has 1 saturated heterocycles. The number of benzene rings is 1. The van der Waals surface area contributed by atoms with Gasteiger partial charge >= 0.3 is 23.9 Å². The van der Waals surface area contributed by atoms with Crippen molar-refractivity contribution >= 4 is 35.5 Å². The number of anilines is 1. The second-order valence-corrected chi connectivity index (χ2v) is 9.22. The fourth-order valence-corrected chi connectivity index (χ4v) is 5.60. The van der Waals surface area contributed by atoms with Crippen LogP contribution >= 0.6 is 0 Å². The van der Waals surface area contributed by atoms with Gasteiger partial charge in [0.2, 0.25) is 5.54 Å². The lowest BCUT2D eigenvalue weighted by Gasteiger charge is -2.31. The van der Waals surface area contributed by atoms with Crippen LogP contribution in [0.3, 0.4) is 0 Å². The minimum absolute atomic E-state index is 0.139. The van der Waals surface area contributed by atoms with Gasteiger partial charge in [0.15, 0.2) is 0 Å². The molecule has 3 atom stereocenters. The maximum Gasteiger partial charge on any atom is 0.339 e. The lowest BCUT2D eigenvalue weighted by atomic mass is 9.72. The number of unbranched alkanes of at least 4 members (excludes halogenated alkanes) is 3. The van der Waals surface area contributed by atoms with Gasteiger partial charge in [-0.2, -0.15) is 0 Å². The van der Waals surface area contributed by atoms with Crippen molar-refractivity contribution < 1.29 is 42.9 Å². The average Bonchev–Trinajstić information content (AvgIpc) is 3.37. The number of fused-ring (bicyclic) bond motifs is 2. The molecule has 0 saturated carbocycles. The first kappa shape index (κ1) is 29.1. The molecule has 0 aliphatic carbocycles. The van der Waals surface area contributed by atoms with Gasteiger partial charge in [-0.3, -0.25) is 19.7 Å². The number of amides is 1. The third kappa shape index (κ3) is 4.42. The van der Waals surface area contributed by atoms with Crippen LogP contribution in [0.5, 0.6) is 0 Å². The van der Waals surface area contributed by atoms with Crippen LogP contribution in [0.1, 0.15) is 52.0 Å². The van der Waals surface area contributed by atoms with E-state index >= 15 is 0 Å². The van der Waals surface area contributed by atoms with Crippen LogP contribution in [0.4, 0.5) is 5.69 Å². The molecule has 0 radical (unpaired) electrons. The second kappa shape index (κ2) is 11.9. The Labute approximate surface area is 222 Å². The van der Waals surface area contributed by atoms with Gasteiger partial charge in [-0.05, 0) is 26.3 Å². The summed E-state index contributed by atoms with van der Waals surface area (Å²) in [4.78, 5) is 69.9. The van der Waals surface area contributed by atoms with Crippen molar-refractivity contribution in [2.75, 3.05) is 38.9 Å². The van der Waals surface area contributed by atoms with Crippen LogP contribution in [-0.4, -0.2) is 69.3 Å². The zero-order valence-electron chi connectivity index (χ0n) is 22.5. The zero-order valence-corrected chi connectivity index (χ0v) is 22.5. The molecule has 2 heterocycles. The van der Waals surface area contributed by atoms with Crippen molar-refractivity contribution in [2.45, 2.75) is 57.5 Å². The van der Waals surface area contributed by atoms with Gasteiger partial charge in [-0.15, -0.1) is 0 Å². The lowest BCUT2D eigenvalue weighted by molar-refractivity contribution is -0.175. The van der Waals surface area contributed by atoms with E-state index in [1.807, 2.05) is 0 Å². The van der Waals surface area contributed by atoms with Crippen molar-refractivity contribution in [1.29, 1.82) is 0 Å². The number of hydrogen-bond donors (Lipinski definition) is 1. The van der Waals surface area contributed by atoms with Crippen molar-refractivity contribution in [3.63, 3.8) is 0 Å². The van der Waals surface area contributed by atoms with E-state index in [1.54, 1.807) is 24.3 Å². The van der Waals surface area contributed by atoms with Crippen molar-refractivity contribution in [3.8, 4) is 0 Å². The predicted molar refractivity (Wildman–Crippen MR) is 135 cm³/mol. The predicted octanol–water partition coefficient (Wildman–Crippen LogP) is 1.86. The van der Waals surface area contributed by atoms with Crippen LogP contribution in [0.15, 0.2) is 24.3 Å². The number of ether oxygens (including phenoxy) is 4. The van der Waals surface area contributed by atoms with E-state index in [0.717, 1.165) is 33.5 Å². The third-order valence-electron chi connectivity index (χ3n) is 7.20. The highest BCUT2D eigenvalue weighted by Gasteiger charge is 2.78. The Morgan fingerprint density at radius 1 is 0.868 bits per heavy atom. The molecule has 11 nitrogen and oxygen atoms in total. The summed E-state index contributed by atoms with van der Waals surface area (Å²) in [6.07, 6.45) is 3.55. The van der Waals surface area contributed by atoms with Crippen LogP contribution in [0.2, 0.25) is 0 Å². The standard InChI is InChI=1S/C27H36N2O9/c1-6-9-10-13-16-29-18-15-12-11-14-17(18)26(23(29)32)19(21(30)35-4)20(22(31)36-5)27(28-26,24(33)37-7-2)25(34)38-8-3/h11-12,14-15,19-20,28H,6-10,13,16H2,1-5H3/t19-,20+,26+/m0/s1. The highest BCUT2D eigenvalue weighted by atomic mass is 16.6. The van der Waals surface area contributed by atoms with E-state index in [9.17, 15) is 24.0 Å². The Morgan fingerprint density at radius 3 is 2.00 bits per heavy atom. The van der Waals surface area contributed by atoms with Gasteiger partial charge in [0.05, 0.1) is 27.4 Å². The number of nitrogens with zero attached hydrogens (tertiary/aromatic N) is 1. The van der Waals surface area contributed by atoms with Crippen LogP contribution in [-0.2, 0) is 48.5 Å². The number of rotatable bonds is 11. The number of carbonyl (C=O) groups is 5. The normalized spacial score (nSPS) is 23.2. The van der Waals surface area contributed by atoms with E-state index in [4.69, 9.17) is 18.9 Å². The molecular weight excluding hydrogens is 496 g/mol. The number of hydrogen-bond acceptors (Lipinski definition) is 10. The van der Waals surface area contributed by atoms with Crippen molar-refractivity contribution in [2.24, 2.45) is 11.8 Å². The fraction of sp³-hybridized carbons (Fsp3) is 0.593. The summed E-state index contributed by atoms with van der Waals surface area (Å²) in [6, 6.07) is 6.77. The molecule has 11 heteroatoms. The Morgan fingerprint density at radius 2 is 1.45 bits per heavy atom. The molecule has 0 bridgehead atoms. The Balaban J connectivity index is 2.33. The molecule has 2 aliphatic rings. The van der Waals surface area contributed by atoms with E-state index in [2.05, 4.69) is 12.2 Å². The monoisotopic (exact) mass is 532 g/mol. The quantitative estimate of drug-likeness (QED) is 0.194. The summed E-state index contributed by atoms with van der Waals surface area (Å²) in [6.45, 7) is 5.19.